The summed E-state index contributed by atoms with van der Waals surface area (Å²) in [5.41, 5.74) is 1.68. The first-order valence-corrected chi connectivity index (χ1v) is 11.5. The fourth-order valence-corrected chi connectivity index (χ4v) is 7.13. The van der Waals surface area contributed by atoms with Gasteiger partial charge < -0.3 is 9.05 Å². The highest BCUT2D eigenvalue weighted by Crippen LogP contribution is 2.72. The molecule has 0 saturated carbocycles. The van der Waals surface area contributed by atoms with Gasteiger partial charge in [0.2, 0.25) is 11.1 Å². The molecule has 1 unspecified atom stereocenters. The monoisotopic (exact) mass is 421 g/mol. The average Bonchev–Trinajstić information content (AvgIpc) is 3.03. The summed E-state index contributed by atoms with van der Waals surface area (Å²) in [6, 6.07) is 17.7. The molecule has 0 fully saturated rings. The van der Waals surface area contributed by atoms with E-state index in [1.807, 2.05) is 12.1 Å². The van der Waals surface area contributed by atoms with E-state index in [0.717, 1.165) is 5.39 Å². The molecule has 152 valence electrons. The standard InChI is InChI=1S/C23H20NO5P/c1-3-28-30(27,29-4-2)23-18-13-8-10-15-9-7-12-17(20(15)18)22(26)24(23)19-14-6-5-11-16(19)21(23)25/h5-14H,3-4H2,1-2H3. The van der Waals surface area contributed by atoms with Crippen molar-refractivity contribution in [3.8, 4) is 0 Å². The molecule has 0 bridgehead atoms. The molecule has 3 aromatic carbocycles. The van der Waals surface area contributed by atoms with Crippen molar-refractivity contribution in [2.24, 2.45) is 0 Å². The van der Waals surface area contributed by atoms with Crippen LogP contribution in [0.1, 0.15) is 40.1 Å². The number of amides is 1. The SMILES string of the molecule is CCOP(=O)(OCC)C12C(=O)c3ccccc3N1C(=O)c1cccc3cccc2c13. The second-order valence-electron chi connectivity index (χ2n) is 7.20. The highest BCUT2D eigenvalue weighted by atomic mass is 31.2. The van der Waals surface area contributed by atoms with Crippen LogP contribution in [0.25, 0.3) is 10.8 Å². The molecule has 30 heavy (non-hydrogen) atoms. The first kappa shape index (κ1) is 19.2. The lowest BCUT2D eigenvalue weighted by molar-refractivity contribution is 0.0851. The quantitative estimate of drug-likeness (QED) is 0.535. The summed E-state index contributed by atoms with van der Waals surface area (Å²) in [7, 11) is -4.16. The summed E-state index contributed by atoms with van der Waals surface area (Å²) in [5.74, 6) is -0.837. The minimum atomic E-state index is -4.16. The van der Waals surface area contributed by atoms with Crippen molar-refractivity contribution in [2.75, 3.05) is 18.1 Å². The van der Waals surface area contributed by atoms with Gasteiger partial charge in [0.25, 0.3) is 5.91 Å². The average molecular weight is 421 g/mol. The van der Waals surface area contributed by atoms with Gasteiger partial charge in [-0.2, -0.15) is 0 Å². The Bertz CT molecular complexity index is 1250. The number of rotatable bonds is 5. The van der Waals surface area contributed by atoms with Gasteiger partial charge in [-0.05, 0) is 37.4 Å². The van der Waals surface area contributed by atoms with Crippen LogP contribution < -0.4 is 4.90 Å². The van der Waals surface area contributed by atoms with Crippen LogP contribution in [-0.4, -0.2) is 24.9 Å². The number of ketones is 1. The Morgan fingerprint density at radius 1 is 0.867 bits per heavy atom. The highest BCUT2D eigenvalue weighted by molar-refractivity contribution is 7.56. The number of fused-ring (bicyclic) bond motifs is 4. The van der Waals surface area contributed by atoms with Gasteiger partial charge in [0, 0.05) is 22.1 Å². The number of hydrogen-bond donors (Lipinski definition) is 0. The Labute approximate surface area is 173 Å². The third-order valence-electron chi connectivity index (χ3n) is 5.74. The van der Waals surface area contributed by atoms with Gasteiger partial charge in [-0.25, -0.2) is 0 Å². The molecule has 0 aromatic heterocycles. The van der Waals surface area contributed by atoms with Crippen LogP contribution in [0.3, 0.4) is 0 Å². The lowest BCUT2D eigenvalue weighted by Gasteiger charge is -2.44. The van der Waals surface area contributed by atoms with Crippen LogP contribution in [0.5, 0.6) is 0 Å². The van der Waals surface area contributed by atoms with Gasteiger partial charge in [-0.15, -0.1) is 0 Å². The third kappa shape index (κ3) is 2.13. The van der Waals surface area contributed by atoms with Crippen LogP contribution in [0, 0.1) is 0 Å². The van der Waals surface area contributed by atoms with Crippen molar-refractivity contribution in [3.05, 3.63) is 77.4 Å². The Hall–Kier alpha value is -2.79. The number of hydrogen-bond acceptors (Lipinski definition) is 5. The topological polar surface area (TPSA) is 72.9 Å². The maximum absolute atomic E-state index is 14.4. The lowest BCUT2D eigenvalue weighted by Crippen LogP contribution is -2.53. The summed E-state index contributed by atoms with van der Waals surface area (Å²) >= 11 is 0. The van der Waals surface area contributed by atoms with E-state index >= 15 is 0 Å². The molecule has 3 aromatic rings. The molecule has 0 aliphatic carbocycles. The second-order valence-corrected chi connectivity index (χ2v) is 9.36. The van der Waals surface area contributed by atoms with Crippen LogP contribution in [0.2, 0.25) is 0 Å². The molecule has 2 aliphatic heterocycles. The third-order valence-corrected chi connectivity index (χ3v) is 8.37. The fraction of sp³-hybridized carbons (Fsp3) is 0.217. The minimum absolute atomic E-state index is 0.0717. The van der Waals surface area contributed by atoms with Crippen molar-refractivity contribution in [3.63, 3.8) is 0 Å². The molecular weight excluding hydrogens is 401 g/mol. The number of Topliss-reactive ketones (excluding diaryl/α,β-unsaturated/α-hetero) is 1. The number of carbonyl (C=O) groups is 2. The molecule has 1 amide bonds. The van der Waals surface area contributed by atoms with Crippen LogP contribution in [0.15, 0.2) is 60.7 Å². The van der Waals surface area contributed by atoms with E-state index in [4.69, 9.17) is 9.05 Å². The van der Waals surface area contributed by atoms with E-state index in [2.05, 4.69) is 0 Å². The van der Waals surface area contributed by atoms with E-state index in [0.29, 0.717) is 27.8 Å². The normalized spacial score (nSPS) is 19.9. The van der Waals surface area contributed by atoms with E-state index < -0.39 is 24.6 Å². The first-order chi connectivity index (χ1) is 14.5. The van der Waals surface area contributed by atoms with Gasteiger partial charge in [-0.1, -0.05) is 42.5 Å². The summed E-state index contributed by atoms with van der Waals surface area (Å²) in [6.45, 7) is 3.53. The Morgan fingerprint density at radius 2 is 1.50 bits per heavy atom. The Balaban J connectivity index is 1.99. The van der Waals surface area contributed by atoms with Gasteiger partial charge in [0.15, 0.2) is 0 Å². The van der Waals surface area contributed by atoms with Crippen LogP contribution in [0.4, 0.5) is 5.69 Å². The van der Waals surface area contributed by atoms with Crippen molar-refractivity contribution < 1.29 is 23.2 Å². The molecule has 0 saturated heterocycles. The lowest BCUT2D eigenvalue weighted by atomic mass is 9.88. The Morgan fingerprint density at radius 3 is 2.20 bits per heavy atom. The molecule has 0 N–H and O–H groups in total. The number of carbonyl (C=O) groups excluding carboxylic acids is 2. The molecular formula is C23H20NO5P. The summed E-state index contributed by atoms with van der Waals surface area (Å²) in [4.78, 5) is 29.2. The first-order valence-electron chi connectivity index (χ1n) is 9.91. The summed E-state index contributed by atoms with van der Waals surface area (Å²) < 4.78 is 25.8. The highest BCUT2D eigenvalue weighted by Gasteiger charge is 2.69. The minimum Gasteiger partial charge on any atom is -0.307 e. The molecule has 2 heterocycles. The number of benzene rings is 3. The zero-order chi connectivity index (χ0) is 21.1. The number of para-hydroxylation sites is 1. The van der Waals surface area contributed by atoms with Crippen molar-refractivity contribution in [2.45, 2.75) is 19.1 Å². The van der Waals surface area contributed by atoms with Crippen LogP contribution in [-0.2, 0) is 18.9 Å². The van der Waals surface area contributed by atoms with Gasteiger partial charge in [0.1, 0.15) is 0 Å². The largest absolute Gasteiger partial charge is 0.369 e. The molecule has 6 nitrogen and oxygen atoms in total. The Kier molecular flexibility index (Phi) is 4.23. The van der Waals surface area contributed by atoms with E-state index in [9.17, 15) is 14.2 Å². The zero-order valence-corrected chi connectivity index (χ0v) is 17.5. The maximum Gasteiger partial charge on any atom is 0.369 e. The smallest absolute Gasteiger partial charge is 0.307 e. The van der Waals surface area contributed by atoms with E-state index in [1.165, 1.54) is 4.90 Å². The molecule has 7 heteroatoms. The number of anilines is 1. The fourth-order valence-electron chi connectivity index (χ4n) is 4.71. The van der Waals surface area contributed by atoms with Gasteiger partial charge in [0.05, 0.1) is 18.9 Å². The molecule has 1 atom stereocenters. The van der Waals surface area contributed by atoms with E-state index in [1.54, 1.807) is 62.4 Å². The van der Waals surface area contributed by atoms with Crippen molar-refractivity contribution in [1.82, 2.24) is 0 Å². The molecule has 2 aliphatic rings. The zero-order valence-electron chi connectivity index (χ0n) is 16.6. The molecule has 0 radical (unpaired) electrons. The van der Waals surface area contributed by atoms with E-state index in [-0.39, 0.29) is 13.2 Å². The second kappa shape index (κ2) is 6.61. The van der Waals surface area contributed by atoms with Crippen molar-refractivity contribution in [1.29, 1.82) is 0 Å². The van der Waals surface area contributed by atoms with Crippen LogP contribution >= 0.6 is 7.60 Å². The maximum atomic E-state index is 14.4. The predicted octanol–water partition coefficient (Wildman–Crippen LogP) is 5.12. The summed E-state index contributed by atoms with van der Waals surface area (Å²) in [6.07, 6.45) is 0. The van der Waals surface area contributed by atoms with Gasteiger partial charge >= 0.3 is 7.60 Å². The molecule has 5 rings (SSSR count). The number of nitrogens with zero attached hydrogens (tertiary/aromatic N) is 1. The predicted molar refractivity (Wildman–Crippen MR) is 114 cm³/mol. The van der Waals surface area contributed by atoms with Gasteiger partial charge in [-0.3, -0.25) is 19.1 Å². The summed E-state index contributed by atoms with van der Waals surface area (Å²) in [5, 5.41) is -0.490. The molecule has 0 spiro atoms. The van der Waals surface area contributed by atoms with Crippen molar-refractivity contribution >= 4 is 35.7 Å².